The first-order chi connectivity index (χ1) is 5.00. The summed E-state index contributed by atoms with van der Waals surface area (Å²) < 4.78 is 3.36. The summed E-state index contributed by atoms with van der Waals surface area (Å²) in [5.41, 5.74) is 0. The van der Waals surface area contributed by atoms with E-state index < -0.39 is 4.30 Å². The van der Waals surface area contributed by atoms with E-state index in [-0.39, 0.29) is 5.97 Å². The minimum atomic E-state index is -0.750. The van der Waals surface area contributed by atoms with E-state index in [4.69, 9.17) is 39.9 Å². The number of methoxy groups -OCH3 is 1. The molecular weight excluding hydrogens is 214 g/mol. The third-order valence-electron chi connectivity index (χ3n) is 0.287. The molecule has 0 radical (unpaired) electrons. The van der Waals surface area contributed by atoms with Gasteiger partial charge >= 0.3 is 5.97 Å². The van der Waals surface area contributed by atoms with Gasteiger partial charge in [-0.2, -0.15) is 0 Å². The van der Waals surface area contributed by atoms with E-state index in [1.807, 2.05) is 0 Å². The predicted molar refractivity (Wildman–Crippen MR) is 47.2 cm³/mol. The van der Waals surface area contributed by atoms with Gasteiger partial charge < -0.3 is 9.84 Å². The largest absolute Gasteiger partial charge is 0.469 e. The third kappa shape index (κ3) is 134. The van der Waals surface area contributed by atoms with Crippen molar-refractivity contribution >= 4 is 40.8 Å². The van der Waals surface area contributed by atoms with Crippen LogP contribution in [-0.4, -0.2) is 29.6 Å². The molecule has 1 N–H and O–H groups in total. The highest BCUT2D eigenvalue weighted by Gasteiger charge is 1.78. The van der Waals surface area contributed by atoms with Gasteiger partial charge in [0, 0.05) is 14.0 Å². The number of carbonyl (C=O) groups excluding carboxylic acids is 1. The van der Waals surface area contributed by atoms with Crippen molar-refractivity contribution in [2.75, 3.05) is 14.2 Å². The first kappa shape index (κ1) is 17.4. The zero-order chi connectivity index (χ0) is 9.86. The van der Waals surface area contributed by atoms with Crippen LogP contribution in [0, 0.1) is 0 Å². The van der Waals surface area contributed by atoms with Crippen LogP contribution in [0.15, 0.2) is 0 Å². The van der Waals surface area contributed by atoms with Crippen LogP contribution < -0.4 is 0 Å². The van der Waals surface area contributed by atoms with Crippen molar-refractivity contribution in [2.45, 2.75) is 11.2 Å². The van der Waals surface area contributed by atoms with Gasteiger partial charge in [-0.1, -0.05) is 34.8 Å². The molecular formula is C5H11Cl3O3. The van der Waals surface area contributed by atoms with Gasteiger partial charge in [0.05, 0.1) is 7.11 Å². The molecule has 0 spiro atoms. The van der Waals surface area contributed by atoms with Crippen LogP contribution in [0.5, 0.6) is 0 Å². The Bertz CT molecular complexity index is 74.6. The highest BCUT2D eigenvalue weighted by molar-refractivity contribution is 6.63. The van der Waals surface area contributed by atoms with Crippen molar-refractivity contribution in [3.8, 4) is 0 Å². The SMILES string of the molecule is CO.COC(C)=O.ClC(Cl)Cl. The monoisotopic (exact) mass is 224 g/mol. The number of aliphatic hydroxyl groups excluding tert-OH is 1. The van der Waals surface area contributed by atoms with Crippen LogP contribution >= 0.6 is 34.8 Å². The Balaban J connectivity index is -0.0000000965. The Labute approximate surface area is 81.2 Å². The first-order valence-electron chi connectivity index (χ1n) is 2.42. The summed E-state index contributed by atoms with van der Waals surface area (Å²) in [7, 11) is 2.35. The molecule has 0 saturated heterocycles. The van der Waals surface area contributed by atoms with E-state index in [0.29, 0.717) is 0 Å². The topological polar surface area (TPSA) is 46.5 Å². The maximum absolute atomic E-state index is 9.59. The molecule has 0 aromatic rings. The Morgan fingerprint density at radius 3 is 1.45 bits per heavy atom. The minimum absolute atomic E-state index is 0.245. The summed E-state index contributed by atoms with van der Waals surface area (Å²) in [4.78, 5) is 9.59. The van der Waals surface area contributed by atoms with Gasteiger partial charge in [-0.05, 0) is 0 Å². The molecule has 11 heavy (non-hydrogen) atoms. The fraction of sp³-hybridized carbons (Fsp3) is 0.800. The molecule has 0 amide bonds. The summed E-state index contributed by atoms with van der Waals surface area (Å²) in [6.07, 6.45) is 0. The number of esters is 1. The van der Waals surface area contributed by atoms with Gasteiger partial charge in [0.15, 0.2) is 4.30 Å². The number of carbonyl (C=O) groups is 1. The van der Waals surface area contributed by atoms with Crippen molar-refractivity contribution in [3.05, 3.63) is 0 Å². The van der Waals surface area contributed by atoms with E-state index in [1.165, 1.54) is 14.0 Å². The second kappa shape index (κ2) is 16.7. The number of rotatable bonds is 0. The van der Waals surface area contributed by atoms with Crippen LogP contribution in [-0.2, 0) is 9.53 Å². The second-order valence-corrected chi connectivity index (χ2v) is 2.92. The molecule has 3 nitrogen and oxygen atoms in total. The number of hydrogen-bond acceptors (Lipinski definition) is 3. The van der Waals surface area contributed by atoms with Crippen molar-refractivity contribution in [3.63, 3.8) is 0 Å². The standard InChI is InChI=1S/C3H6O2.CHCl3.CH4O/c1-3(4)5-2;2-1(3)4;1-2/h1-2H3;1H;2H,1H3. The summed E-state index contributed by atoms with van der Waals surface area (Å²) in [5.74, 6) is -0.245. The van der Waals surface area contributed by atoms with E-state index in [1.54, 1.807) is 0 Å². The quantitative estimate of drug-likeness (QED) is 0.505. The fourth-order valence-electron chi connectivity index (χ4n) is 0. The highest BCUT2D eigenvalue weighted by Crippen LogP contribution is 2.03. The first-order valence-corrected chi connectivity index (χ1v) is 3.73. The average molecular weight is 225 g/mol. The maximum atomic E-state index is 9.59. The molecule has 0 aliphatic heterocycles. The Kier molecular flexibility index (Phi) is 26.4. The summed E-state index contributed by atoms with van der Waals surface area (Å²) in [6.45, 7) is 1.36. The molecule has 0 atom stereocenters. The molecule has 0 heterocycles. The van der Waals surface area contributed by atoms with Gasteiger partial charge in [-0.15, -0.1) is 0 Å². The fourth-order valence-corrected chi connectivity index (χ4v) is 0. The smallest absolute Gasteiger partial charge is 0.302 e. The lowest BCUT2D eigenvalue weighted by atomic mass is 10.8. The summed E-state index contributed by atoms with van der Waals surface area (Å²) >= 11 is 14.4. The molecule has 0 rings (SSSR count). The van der Waals surface area contributed by atoms with Gasteiger partial charge in [0.25, 0.3) is 0 Å². The lowest BCUT2D eigenvalue weighted by molar-refractivity contribution is -0.137. The average Bonchev–Trinajstić information content (AvgIpc) is 1.91. The zero-order valence-electron chi connectivity index (χ0n) is 6.47. The Morgan fingerprint density at radius 1 is 1.36 bits per heavy atom. The molecule has 0 aliphatic carbocycles. The molecule has 0 aromatic heterocycles. The summed E-state index contributed by atoms with van der Waals surface area (Å²) in [5, 5.41) is 7.00. The van der Waals surface area contributed by atoms with E-state index in [9.17, 15) is 4.79 Å². The number of halogens is 3. The molecule has 0 saturated carbocycles. The Hall–Kier alpha value is 0.300. The molecule has 0 unspecified atom stereocenters. The van der Waals surface area contributed by atoms with Gasteiger partial charge in [-0.3, -0.25) is 4.79 Å². The van der Waals surface area contributed by atoms with E-state index in [2.05, 4.69) is 4.74 Å². The lowest BCUT2D eigenvalue weighted by Crippen LogP contribution is -1.88. The normalized spacial score (nSPS) is 6.91. The van der Waals surface area contributed by atoms with E-state index >= 15 is 0 Å². The zero-order valence-corrected chi connectivity index (χ0v) is 8.74. The lowest BCUT2D eigenvalue weighted by Gasteiger charge is -1.80. The molecule has 0 aromatic carbocycles. The van der Waals surface area contributed by atoms with Gasteiger partial charge in [0.1, 0.15) is 0 Å². The van der Waals surface area contributed by atoms with Crippen LogP contribution in [0.3, 0.4) is 0 Å². The third-order valence-corrected chi connectivity index (χ3v) is 0.287. The number of hydrogen-bond donors (Lipinski definition) is 1. The number of ether oxygens (including phenoxy) is 1. The second-order valence-electron chi connectivity index (χ2n) is 0.943. The van der Waals surface area contributed by atoms with Crippen LogP contribution in [0.25, 0.3) is 0 Å². The van der Waals surface area contributed by atoms with Gasteiger partial charge in [0.2, 0.25) is 0 Å². The predicted octanol–water partition coefficient (Wildman–Crippen LogP) is 1.77. The van der Waals surface area contributed by atoms with Crippen molar-refractivity contribution < 1.29 is 14.6 Å². The van der Waals surface area contributed by atoms with Crippen molar-refractivity contribution in [1.29, 1.82) is 0 Å². The highest BCUT2D eigenvalue weighted by atomic mass is 35.6. The maximum Gasteiger partial charge on any atom is 0.302 e. The molecule has 0 aliphatic rings. The van der Waals surface area contributed by atoms with E-state index in [0.717, 1.165) is 7.11 Å². The molecule has 6 heteroatoms. The molecule has 70 valence electrons. The van der Waals surface area contributed by atoms with Crippen LogP contribution in [0.4, 0.5) is 0 Å². The Morgan fingerprint density at radius 2 is 1.45 bits per heavy atom. The number of aliphatic hydroxyl groups is 1. The van der Waals surface area contributed by atoms with Crippen LogP contribution in [0.1, 0.15) is 6.92 Å². The summed E-state index contributed by atoms with van der Waals surface area (Å²) in [6, 6.07) is 0. The van der Waals surface area contributed by atoms with Crippen molar-refractivity contribution in [1.82, 2.24) is 0 Å². The molecule has 0 bridgehead atoms. The number of alkyl halides is 3. The minimum Gasteiger partial charge on any atom is -0.469 e. The van der Waals surface area contributed by atoms with Gasteiger partial charge in [-0.25, -0.2) is 0 Å². The van der Waals surface area contributed by atoms with Crippen LogP contribution in [0.2, 0.25) is 0 Å². The van der Waals surface area contributed by atoms with Crippen molar-refractivity contribution in [2.24, 2.45) is 0 Å². The molecule has 0 fully saturated rings.